The first-order valence-corrected chi connectivity index (χ1v) is 8.97. The van der Waals surface area contributed by atoms with Gasteiger partial charge < -0.3 is 9.55 Å². The molecule has 0 aliphatic carbocycles. The van der Waals surface area contributed by atoms with E-state index in [-0.39, 0.29) is 0 Å². The van der Waals surface area contributed by atoms with E-state index in [1.165, 1.54) is 34.1 Å². The van der Waals surface area contributed by atoms with Gasteiger partial charge in [-0.3, -0.25) is 0 Å². The third-order valence-electron chi connectivity index (χ3n) is 2.97. The van der Waals surface area contributed by atoms with Gasteiger partial charge in [-0.25, -0.2) is 0 Å². The van der Waals surface area contributed by atoms with Crippen LogP contribution in [0.2, 0.25) is 0 Å². The van der Waals surface area contributed by atoms with Crippen molar-refractivity contribution in [3.63, 3.8) is 0 Å². The van der Waals surface area contributed by atoms with E-state index in [0.717, 1.165) is 16.8 Å². The maximum absolute atomic E-state index is 5.40. The number of nitrogens with one attached hydrogen (secondary N) is 1. The van der Waals surface area contributed by atoms with E-state index >= 15 is 0 Å². The number of H-pyrrole nitrogens is 1. The van der Waals surface area contributed by atoms with Gasteiger partial charge in [-0.1, -0.05) is 6.42 Å². The molecule has 0 aliphatic heterocycles. The van der Waals surface area contributed by atoms with Crippen LogP contribution in [-0.4, -0.2) is 21.6 Å². The van der Waals surface area contributed by atoms with E-state index in [9.17, 15) is 0 Å². The minimum atomic E-state index is 0.844. The fourth-order valence-electron chi connectivity index (χ4n) is 2.05. The molecule has 1 aromatic heterocycles. The van der Waals surface area contributed by atoms with E-state index in [4.69, 9.17) is 12.2 Å². The zero-order valence-corrected chi connectivity index (χ0v) is 14.2. The Balaban J connectivity index is 2.08. The van der Waals surface area contributed by atoms with Crippen LogP contribution in [0.5, 0.6) is 0 Å². The highest BCUT2D eigenvalue weighted by Crippen LogP contribution is 2.18. The van der Waals surface area contributed by atoms with Crippen molar-refractivity contribution in [3.8, 4) is 0 Å². The average molecular weight is 392 g/mol. The summed E-state index contributed by atoms with van der Waals surface area (Å²) in [6.07, 6.45) is 5.94. The molecular formula is C13H17IN2S2. The molecule has 2 aromatic rings. The predicted molar refractivity (Wildman–Crippen MR) is 92.1 cm³/mol. The van der Waals surface area contributed by atoms with Crippen LogP contribution in [0.3, 0.4) is 0 Å². The molecule has 0 saturated carbocycles. The van der Waals surface area contributed by atoms with Crippen LogP contribution in [0.25, 0.3) is 11.0 Å². The molecule has 0 radical (unpaired) electrons. The van der Waals surface area contributed by atoms with E-state index in [1.54, 1.807) is 0 Å². The number of aromatic amines is 1. The molecule has 0 spiro atoms. The number of imidazole rings is 1. The molecule has 5 heteroatoms. The number of halogens is 1. The first kappa shape index (κ1) is 14.4. The molecule has 1 heterocycles. The van der Waals surface area contributed by atoms with E-state index in [0.29, 0.717) is 0 Å². The van der Waals surface area contributed by atoms with Gasteiger partial charge in [-0.2, -0.15) is 11.8 Å². The van der Waals surface area contributed by atoms with Crippen LogP contribution in [-0.2, 0) is 6.54 Å². The number of fused-ring (bicyclic) bond motifs is 1. The topological polar surface area (TPSA) is 20.7 Å². The molecule has 2 nitrogen and oxygen atoms in total. The van der Waals surface area contributed by atoms with Gasteiger partial charge in [0.1, 0.15) is 0 Å². The second kappa shape index (κ2) is 6.96. The second-order valence-corrected chi connectivity index (χ2v) is 6.91. The lowest BCUT2D eigenvalue weighted by Crippen LogP contribution is -1.98. The quantitative estimate of drug-likeness (QED) is 0.432. The molecule has 0 saturated heterocycles. The zero-order chi connectivity index (χ0) is 13.0. The van der Waals surface area contributed by atoms with Crippen molar-refractivity contribution in [1.29, 1.82) is 0 Å². The molecule has 0 fully saturated rings. The minimum absolute atomic E-state index is 0.844. The second-order valence-electron chi connectivity index (χ2n) is 4.30. The van der Waals surface area contributed by atoms with Gasteiger partial charge in [0, 0.05) is 10.1 Å². The van der Waals surface area contributed by atoms with E-state index in [1.807, 2.05) is 11.8 Å². The highest BCUT2D eigenvalue weighted by Gasteiger charge is 2.04. The fraction of sp³-hybridized carbons (Fsp3) is 0.462. The first-order chi connectivity index (χ1) is 8.72. The molecule has 1 aromatic carbocycles. The smallest absolute Gasteiger partial charge is 0.178 e. The highest BCUT2D eigenvalue weighted by atomic mass is 127. The molecule has 0 unspecified atom stereocenters. The van der Waals surface area contributed by atoms with Crippen molar-refractivity contribution in [3.05, 3.63) is 26.5 Å². The third-order valence-corrected chi connectivity index (χ3v) is 4.66. The molecular weight excluding hydrogens is 375 g/mol. The maximum Gasteiger partial charge on any atom is 0.178 e. The molecule has 2 rings (SSSR count). The van der Waals surface area contributed by atoms with E-state index in [2.05, 4.69) is 56.6 Å². The maximum atomic E-state index is 5.40. The van der Waals surface area contributed by atoms with Crippen LogP contribution >= 0.6 is 46.6 Å². The molecule has 0 bridgehead atoms. The number of aryl methyl sites for hydroxylation is 1. The summed E-state index contributed by atoms with van der Waals surface area (Å²) >= 11 is 9.65. The van der Waals surface area contributed by atoms with Crippen molar-refractivity contribution >= 4 is 57.6 Å². The van der Waals surface area contributed by atoms with Crippen molar-refractivity contribution in [2.45, 2.75) is 25.8 Å². The van der Waals surface area contributed by atoms with Crippen molar-refractivity contribution in [1.82, 2.24) is 9.55 Å². The number of benzene rings is 1. The zero-order valence-electron chi connectivity index (χ0n) is 10.4. The van der Waals surface area contributed by atoms with Gasteiger partial charge in [-0.05, 0) is 77.9 Å². The minimum Gasteiger partial charge on any atom is -0.331 e. The number of nitrogens with zero attached hydrogens (tertiary/aromatic N) is 1. The Bertz CT molecular complexity index is 574. The van der Waals surface area contributed by atoms with Crippen LogP contribution < -0.4 is 0 Å². The molecule has 0 aliphatic rings. The summed E-state index contributed by atoms with van der Waals surface area (Å²) in [6.45, 7) is 1.02. The summed E-state index contributed by atoms with van der Waals surface area (Å²) in [4.78, 5) is 3.29. The third kappa shape index (κ3) is 3.51. The summed E-state index contributed by atoms with van der Waals surface area (Å²) in [6, 6.07) is 6.44. The van der Waals surface area contributed by atoms with Crippen LogP contribution in [0.4, 0.5) is 0 Å². The number of unbranched alkanes of at least 4 members (excludes halogenated alkanes) is 2. The largest absolute Gasteiger partial charge is 0.331 e. The Morgan fingerprint density at radius 1 is 1.33 bits per heavy atom. The highest BCUT2D eigenvalue weighted by molar-refractivity contribution is 14.1. The Kier molecular flexibility index (Phi) is 5.56. The standard InChI is InChI=1S/C13H17IN2S2/c1-18-8-4-2-3-7-16-12-6-5-10(14)9-11(12)15-13(16)17/h5-6,9H,2-4,7-8H2,1H3,(H,15,17). The van der Waals surface area contributed by atoms with Gasteiger partial charge in [0.2, 0.25) is 0 Å². The van der Waals surface area contributed by atoms with E-state index < -0.39 is 0 Å². The van der Waals surface area contributed by atoms with Crippen LogP contribution in [0.1, 0.15) is 19.3 Å². The number of thioether (sulfide) groups is 1. The summed E-state index contributed by atoms with van der Waals surface area (Å²) in [7, 11) is 0. The molecule has 0 atom stereocenters. The summed E-state index contributed by atoms with van der Waals surface area (Å²) in [5.41, 5.74) is 2.38. The predicted octanol–water partition coefficient (Wildman–Crippen LogP) is 4.84. The van der Waals surface area contributed by atoms with Crippen molar-refractivity contribution in [2.24, 2.45) is 0 Å². The SMILES string of the molecule is CSCCCCCn1c(=S)[nH]c2cc(I)ccc21. The Morgan fingerprint density at radius 2 is 2.17 bits per heavy atom. The van der Waals surface area contributed by atoms with Gasteiger partial charge >= 0.3 is 0 Å². The fourth-order valence-corrected chi connectivity index (χ4v) is 3.33. The number of hydrogen-bond acceptors (Lipinski definition) is 2. The van der Waals surface area contributed by atoms with Gasteiger partial charge in [0.15, 0.2) is 4.77 Å². The average Bonchev–Trinajstić information content (AvgIpc) is 2.64. The normalized spacial score (nSPS) is 11.2. The van der Waals surface area contributed by atoms with Gasteiger partial charge in [0.05, 0.1) is 11.0 Å². The van der Waals surface area contributed by atoms with Gasteiger partial charge in [-0.15, -0.1) is 0 Å². The Labute approximate surface area is 131 Å². The lowest BCUT2D eigenvalue weighted by Gasteiger charge is -2.04. The Morgan fingerprint density at radius 3 is 2.94 bits per heavy atom. The summed E-state index contributed by atoms with van der Waals surface area (Å²) in [5.74, 6) is 1.26. The number of rotatable bonds is 6. The van der Waals surface area contributed by atoms with Crippen molar-refractivity contribution < 1.29 is 0 Å². The molecule has 0 amide bonds. The van der Waals surface area contributed by atoms with Gasteiger partial charge in [0.25, 0.3) is 0 Å². The van der Waals surface area contributed by atoms with Crippen LogP contribution in [0.15, 0.2) is 18.2 Å². The number of hydrogen-bond donors (Lipinski definition) is 1. The summed E-state index contributed by atoms with van der Waals surface area (Å²) in [5, 5.41) is 0. The van der Waals surface area contributed by atoms with Crippen molar-refractivity contribution in [2.75, 3.05) is 12.0 Å². The molecule has 1 N–H and O–H groups in total. The first-order valence-electron chi connectivity index (χ1n) is 6.09. The monoisotopic (exact) mass is 392 g/mol. The number of aromatic nitrogens is 2. The lowest BCUT2D eigenvalue weighted by atomic mass is 10.2. The summed E-state index contributed by atoms with van der Waals surface area (Å²) < 4.78 is 4.31. The van der Waals surface area contributed by atoms with Crippen LogP contribution in [0, 0.1) is 8.34 Å². The lowest BCUT2D eigenvalue weighted by molar-refractivity contribution is 0.611. The molecule has 98 valence electrons. The molecule has 18 heavy (non-hydrogen) atoms. The Hall–Kier alpha value is -0.0100.